The Morgan fingerprint density at radius 1 is 0.837 bits per heavy atom. The van der Waals surface area contributed by atoms with Crippen molar-refractivity contribution in [3.8, 4) is 34.5 Å². The van der Waals surface area contributed by atoms with E-state index >= 15 is 0 Å². The van der Waals surface area contributed by atoms with Gasteiger partial charge in [0.2, 0.25) is 6.29 Å². The van der Waals surface area contributed by atoms with Gasteiger partial charge in [-0.05, 0) is 42.0 Å². The van der Waals surface area contributed by atoms with Crippen molar-refractivity contribution in [2.24, 2.45) is 0 Å². The van der Waals surface area contributed by atoms with E-state index in [0.29, 0.717) is 11.1 Å². The Morgan fingerprint density at radius 3 is 2.30 bits per heavy atom. The van der Waals surface area contributed by atoms with E-state index in [9.17, 15) is 45.6 Å². The first kappa shape index (κ1) is 29.5. The van der Waals surface area contributed by atoms with E-state index in [0.717, 1.165) is 12.1 Å². The molecule has 2 aliphatic heterocycles. The van der Waals surface area contributed by atoms with E-state index in [1.165, 1.54) is 48.6 Å². The van der Waals surface area contributed by atoms with Crippen LogP contribution in [0.4, 0.5) is 0 Å². The van der Waals surface area contributed by atoms with Crippen molar-refractivity contribution in [1.29, 1.82) is 0 Å². The van der Waals surface area contributed by atoms with Crippen LogP contribution < -0.4 is 0 Å². The second-order valence-corrected chi connectivity index (χ2v) is 9.91. The molecule has 6 atom stereocenters. The third-order valence-corrected chi connectivity index (χ3v) is 6.88. The van der Waals surface area contributed by atoms with Crippen molar-refractivity contribution < 1.29 is 64.6 Å². The minimum Gasteiger partial charge on any atom is -0.571 e. The molecule has 2 aliphatic rings. The highest BCUT2D eigenvalue weighted by Crippen LogP contribution is 2.46. The zero-order valence-corrected chi connectivity index (χ0v) is 22.3. The van der Waals surface area contributed by atoms with Gasteiger partial charge in [0, 0.05) is 18.2 Å². The maximum Gasteiger partial charge on any atom is 0.330 e. The molecular weight excluding hydrogens is 568 g/mol. The van der Waals surface area contributed by atoms with Crippen molar-refractivity contribution in [2.75, 3.05) is 6.61 Å². The van der Waals surface area contributed by atoms with Crippen LogP contribution in [0.25, 0.3) is 12.2 Å². The van der Waals surface area contributed by atoms with Gasteiger partial charge in [-0.15, -0.1) is 0 Å². The lowest BCUT2D eigenvalue weighted by Gasteiger charge is -2.40. The zero-order chi connectivity index (χ0) is 30.8. The van der Waals surface area contributed by atoms with Gasteiger partial charge in [-0.3, -0.25) is 0 Å². The number of aliphatic hydroxyl groups excluding tert-OH is 3. The summed E-state index contributed by atoms with van der Waals surface area (Å²) in [5, 5.41) is 81.2. The van der Waals surface area contributed by atoms with Crippen LogP contribution in [0.2, 0.25) is 0 Å². The summed E-state index contributed by atoms with van der Waals surface area (Å²) >= 11 is 0. The Labute approximate surface area is 244 Å². The molecule has 0 amide bonds. The molecule has 1 saturated heterocycles. The summed E-state index contributed by atoms with van der Waals surface area (Å²) < 4.78 is 21.3. The second-order valence-electron chi connectivity index (χ2n) is 9.91. The van der Waals surface area contributed by atoms with Crippen LogP contribution >= 0.6 is 0 Å². The summed E-state index contributed by atoms with van der Waals surface area (Å²) in [6.07, 6.45) is -5.28. The normalized spacial score (nSPS) is 25.0. The van der Waals surface area contributed by atoms with Crippen LogP contribution in [0.1, 0.15) is 22.8 Å². The number of benzene rings is 3. The van der Waals surface area contributed by atoms with Gasteiger partial charge in [-0.1, -0.05) is 12.1 Å². The molecule has 13 heteroatoms. The maximum absolute atomic E-state index is 12.3. The topological polar surface area (TPSA) is 219 Å². The second kappa shape index (κ2) is 12.1. The average Bonchev–Trinajstić information content (AvgIpc) is 2.98. The number of aliphatic hydroxyl groups is 4. The number of carbonyl (C=O) groups is 1. The monoisotopic (exact) mass is 597 g/mol. The molecule has 0 bridgehead atoms. The molecular formula is C30H29O13+. The number of fused-ring (bicyclic) bond motifs is 1. The van der Waals surface area contributed by atoms with Crippen molar-refractivity contribution in [1.82, 2.24) is 0 Å². The molecule has 9 N–H and O–H groups in total. The van der Waals surface area contributed by atoms with E-state index in [-0.39, 0.29) is 40.1 Å². The molecule has 13 nitrogen and oxygen atoms in total. The van der Waals surface area contributed by atoms with E-state index in [1.807, 2.05) is 0 Å². The van der Waals surface area contributed by atoms with Gasteiger partial charge < -0.3 is 59.8 Å². The first-order valence-corrected chi connectivity index (χ1v) is 13.0. The predicted molar refractivity (Wildman–Crippen MR) is 148 cm³/mol. The molecule has 3 aromatic rings. The van der Waals surface area contributed by atoms with Crippen LogP contribution in [0.5, 0.6) is 34.5 Å². The van der Waals surface area contributed by atoms with E-state index in [2.05, 4.69) is 4.74 Å². The Balaban J connectivity index is 1.35. The quantitative estimate of drug-likeness (QED) is 0.0843. The van der Waals surface area contributed by atoms with Crippen LogP contribution in [0.15, 0.2) is 66.4 Å². The highest BCUT2D eigenvalue weighted by molar-refractivity contribution is 5.87. The van der Waals surface area contributed by atoms with Crippen LogP contribution in [0, 0.1) is 0 Å². The van der Waals surface area contributed by atoms with Crippen LogP contribution in [-0.2, 0) is 19.0 Å². The van der Waals surface area contributed by atoms with E-state index in [4.69, 9.17) is 14.2 Å². The fourth-order valence-corrected chi connectivity index (χ4v) is 4.58. The fourth-order valence-electron chi connectivity index (χ4n) is 4.58. The van der Waals surface area contributed by atoms with Gasteiger partial charge in [0.05, 0.1) is 11.6 Å². The van der Waals surface area contributed by atoms with Gasteiger partial charge in [-0.2, -0.15) is 0 Å². The third-order valence-electron chi connectivity index (χ3n) is 6.88. The first-order chi connectivity index (χ1) is 20.5. The predicted octanol–water partition coefficient (Wildman–Crippen LogP) is 1.63. The summed E-state index contributed by atoms with van der Waals surface area (Å²) in [5.74, 6) is -2.02. The van der Waals surface area contributed by atoms with Gasteiger partial charge in [-0.25, -0.2) is 4.79 Å². The zero-order valence-electron chi connectivity index (χ0n) is 22.3. The number of carbonyl (C=O) groups excluding carboxylic acids is 1. The molecule has 3 aromatic carbocycles. The molecule has 0 spiro atoms. The smallest absolute Gasteiger partial charge is 0.330 e. The standard InChI is InChI=1S/C30H28O13/c31-16-5-1-14(2-6-16)3-8-25(36)40-13-24-26(37)27(38)28(39)30(43-24)42-23-12-18-20(34)10-17(32)11-22(18)41-29(23)15-4-7-19(33)21(35)9-15/h1-12,24,26-35,37-39H,13H2/p+1/b8-3+/t24-,26-,27-,28-,29?,30-/m1/s1. The lowest BCUT2D eigenvalue weighted by molar-refractivity contribution is -0.296. The highest BCUT2D eigenvalue weighted by atomic mass is 16.7. The number of phenolic OH excluding ortho intramolecular Hbond substituents is 5. The van der Waals surface area contributed by atoms with Crippen molar-refractivity contribution in [2.45, 2.75) is 36.8 Å². The molecule has 0 aliphatic carbocycles. The minimum absolute atomic E-state index is 0.0289. The highest BCUT2D eigenvalue weighted by Gasteiger charge is 2.47. The lowest BCUT2D eigenvalue weighted by atomic mass is 9.98. The summed E-state index contributed by atoms with van der Waals surface area (Å²) in [5.41, 5.74) is 1.08. The van der Waals surface area contributed by atoms with Gasteiger partial charge >= 0.3 is 5.97 Å². The molecule has 5 rings (SSSR count). The molecule has 0 radical (unpaired) electrons. The summed E-state index contributed by atoms with van der Waals surface area (Å²) in [7, 11) is 0. The SMILES string of the molecule is O=C(/C=C/c1ccc(O)cc1)OC[C@H]1O[C@@H](OC2=Cc3c(O)cc(O)cc3[OH+]C2c2ccc(O)c(O)c2)[C@H](O)[C@H](O)[C@@H]1O. The van der Waals surface area contributed by atoms with E-state index in [1.54, 1.807) is 12.1 Å². The largest absolute Gasteiger partial charge is 0.571 e. The number of phenols is 5. The number of esters is 1. The Hall–Kier alpha value is -4.95. The van der Waals surface area contributed by atoms with Gasteiger partial charge in [0.15, 0.2) is 17.3 Å². The molecule has 0 aromatic heterocycles. The Morgan fingerprint density at radius 2 is 1.58 bits per heavy atom. The number of ether oxygens (including phenoxy) is 4. The molecule has 0 saturated carbocycles. The lowest BCUT2D eigenvalue weighted by Crippen LogP contribution is -2.59. The van der Waals surface area contributed by atoms with Gasteiger partial charge in [0.25, 0.3) is 11.9 Å². The third kappa shape index (κ3) is 6.44. The van der Waals surface area contributed by atoms with Crippen molar-refractivity contribution >= 4 is 18.1 Å². The van der Waals surface area contributed by atoms with E-state index < -0.39 is 55.1 Å². The fraction of sp³-hybridized carbons (Fsp3) is 0.233. The van der Waals surface area contributed by atoms with Crippen LogP contribution in [-0.4, -0.2) is 88.9 Å². The molecule has 1 unspecified atom stereocenters. The maximum atomic E-state index is 12.3. The van der Waals surface area contributed by atoms with Crippen molar-refractivity contribution in [3.63, 3.8) is 0 Å². The number of hydrogen-bond donors (Lipinski definition) is 8. The summed E-state index contributed by atoms with van der Waals surface area (Å²) in [6.45, 7) is -0.523. The number of rotatable bonds is 7. The number of aromatic hydroxyl groups is 6. The first-order valence-electron chi connectivity index (χ1n) is 13.0. The molecule has 1 fully saturated rings. The number of hydrogen-bond acceptors (Lipinski definition) is 12. The van der Waals surface area contributed by atoms with Crippen molar-refractivity contribution in [3.05, 3.63) is 83.1 Å². The Bertz CT molecular complexity index is 1550. The van der Waals surface area contributed by atoms with Gasteiger partial charge in [0.1, 0.15) is 53.8 Å². The van der Waals surface area contributed by atoms with Crippen LogP contribution in [0.3, 0.4) is 0 Å². The Kier molecular flexibility index (Phi) is 8.32. The molecule has 2 heterocycles. The average molecular weight is 598 g/mol. The molecule has 226 valence electrons. The molecule has 43 heavy (non-hydrogen) atoms. The summed E-state index contributed by atoms with van der Waals surface area (Å²) in [6, 6.07) is 12.3. The summed E-state index contributed by atoms with van der Waals surface area (Å²) in [4.78, 5) is 12.3. The minimum atomic E-state index is -1.78.